The van der Waals surface area contributed by atoms with Crippen molar-refractivity contribution in [2.75, 3.05) is 18.8 Å². The molecule has 0 atom stereocenters. The molecule has 11 heteroatoms. The quantitative estimate of drug-likeness (QED) is 0.706. The SMILES string of the molecule is CN(C)S(=O)(=O)c1ccc2nc(NS(=O)(=O)c3cccs3)sc2c1. The van der Waals surface area contributed by atoms with Gasteiger partial charge in [-0.2, -0.15) is 0 Å². The number of sulfonamides is 2. The van der Waals surface area contributed by atoms with E-state index in [0.29, 0.717) is 10.2 Å². The third-order valence-corrected chi connectivity index (χ3v) is 8.73. The highest BCUT2D eigenvalue weighted by Gasteiger charge is 2.20. The first-order valence-corrected chi connectivity index (χ1v) is 11.2. The number of fused-ring (bicyclic) bond motifs is 1. The van der Waals surface area contributed by atoms with E-state index in [9.17, 15) is 16.8 Å². The zero-order valence-corrected chi connectivity index (χ0v) is 15.9. The van der Waals surface area contributed by atoms with E-state index in [2.05, 4.69) is 9.71 Å². The van der Waals surface area contributed by atoms with Crippen molar-refractivity contribution in [1.82, 2.24) is 9.29 Å². The molecular formula is C13H13N3O4S4. The number of benzene rings is 1. The third kappa shape index (κ3) is 3.17. The topological polar surface area (TPSA) is 96.4 Å². The molecule has 0 aliphatic rings. The molecule has 0 amide bonds. The summed E-state index contributed by atoms with van der Waals surface area (Å²) in [6.07, 6.45) is 0. The molecule has 0 aliphatic carbocycles. The second kappa shape index (κ2) is 6.08. The Morgan fingerprint density at radius 1 is 1.12 bits per heavy atom. The summed E-state index contributed by atoms with van der Waals surface area (Å²) in [6.45, 7) is 0. The molecule has 24 heavy (non-hydrogen) atoms. The summed E-state index contributed by atoms with van der Waals surface area (Å²) in [5, 5.41) is 1.86. The van der Waals surface area contributed by atoms with Crippen LogP contribution in [-0.2, 0) is 20.0 Å². The van der Waals surface area contributed by atoms with Gasteiger partial charge in [-0.1, -0.05) is 17.4 Å². The number of thiazole rings is 1. The Kier molecular flexibility index (Phi) is 4.38. The molecule has 1 aromatic carbocycles. The van der Waals surface area contributed by atoms with Crippen LogP contribution in [0.15, 0.2) is 44.8 Å². The Balaban J connectivity index is 1.98. The van der Waals surface area contributed by atoms with Gasteiger partial charge in [0.25, 0.3) is 10.0 Å². The van der Waals surface area contributed by atoms with Gasteiger partial charge in [0.15, 0.2) is 5.13 Å². The Bertz CT molecular complexity index is 1080. The number of aromatic nitrogens is 1. The van der Waals surface area contributed by atoms with Crippen LogP contribution < -0.4 is 4.72 Å². The van der Waals surface area contributed by atoms with Crippen LogP contribution in [0.5, 0.6) is 0 Å². The van der Waals surface area contributed by atoms with Crippen molar-refractivity contribution in [1.29, 1.82) is 0 Å². The standard InChI is InChI=1S/C13H13N3O4S4/c1-16(2)24(19,20)9-5-6-10-11(8-9)22-13(14-10)15-23(17,18)12-4-3-7-21-12/h3-8H,1-2H3,(H,14,15). The van der Waals surface area contributed by atoms with Crippen LogP contribution in [0.4, 0.5) is 5.13 Å². The highest BCUT2D eigenvalue weighted by atomic mass is 32.2. The Morgan fingerprint density at radius 3 is 2.50 bits per heavy atom. The van der Waals surface area contributed by atoms with Crippen LogP contribution in [0.1, 0.15) is 0 Å². The summed E-state index contributed by atoms with van der Waals surface area (Å²) < 4.78 is 53.1. The fourth-order valence-corrected chi connectivity index (χ4v) is 6.04. The monoisotopic (exact) mass is 403 g/mol. The predicted molar refractivity (Wildman–Crippen MR) is 95.6 cm³/mol. The summed E-state index contributed by atoms with van der Waals surface area (Å²) in [5.74, 6) is 0. The zero-order chi connectivity index (χ0) is 17.5. The Hall–Kier alpha value is -1.53. The lowest BCUT2D eigenvalue weighted by Crippen LogP contribution is -2.22. The summed E-state index contributed by atoms with van der Waals surface area (Å²) in [6, 6.07) is 7.66. The van der Waals surface area contributed by atoms with Crippen LogP contribution in [0.3, 0.4) is 0 Å². The smallest absolute Gasteiger partial charge is 0.254 e. The van der Waals surface area contributed by atoms with Gasteiger partial charge in [-0.15, -0.1) is 11.3 Å². The Labute approximate surface area is 147 Å². The first kappa shape index (κ1) is 17.3. The van der Waals surface area contributed by atoms with Crippen molar-refractivity contribution in [3.05, 3.63) is 35.7 Å². The highest BCUT2D eigenvalue weighted by Crippen LogP contribution is 2.30. The minimum atomic E-state index is -3.68. The van der Waals surface area contributed by atoms with Crippen LogP contribution in [0.25, 0.3) is 10.2 Å². The predicted octanol–water partition coefficient (Wildman–Crippen LogP) is 2.41. The van der Waals surface area contributed by atoms with E-state index in [1.54, 1.807) is 17.5 Å². The van der Waals surface area contributed by atoms with E-state index < -0.39 is 20.0 Å². The lowest BCUT2D eigenvalue weighted by molar-refractivity contribution is 0.521. The van der Waals surface area contributed by atoms with Crippen LogP contribution in [-0.4, -0.2) is 40.2 Å². The van der Waals surface area contributed by atoms with Gasteiger partial charge in [-0.05, 0) is 29.6 Å². The minimum Gasteiger partial charge on any atom is -0.254 e. The van der Waals surface area contributed by atoms with Crippen LogP contribution in [0, 0.1) is 0 Å². The van der Waals surface area contributed by atoms with Crippen molar-refractivity contribution in [2.45, 2.75) is 9.10 Å². The number of thiophene rings is 1. The van der Waals surface area contributed by atoms with Gasteiger partial charge in [-0.25, -0.2) is 26.1 Å². The molecule has 0 radical (unpaired) electrons. The van der Waals surface area contributed by atoms with Gasteiger partial charge in [0.2, 0.25) is 10.0 Å². The molecule has 3 aromatic rings. The molecule has 2 aromatic heterocycles. The molecule has 3 rings (SSSR count). The van der Waals surface area contributed by atoms with E-state index in [4.69, 9.17) is 0 Å². The molecule has 128 valence electrons. The lowest BCUT2D eigenvalue weighted by Gasteiger charge is -2.10. The van der Waals surface area contributed by atoms with Crippen molar-refractivity contribution in [2.24, 2.45) is 0 Å². The Morgan fingerprint density at radius 2 is 1.88 bits per heavy atom. The zero-order valence-electron chi connectivity index (χ0n) is 12.6. The maximum Gasteiger partial charge on any atom is 0.273 e. The van der Waals surface area contributed by atoms with Crippen molar-refractivity contribution < 1.29 is 16.8 Å². The normalized spacial score (nSPS) is 12.8. The highest BCUT2D eigenvalue weighted by molar-refractivity contribution is 7.94. The number of anilines is 1. The molecule has 7 nitrogen and oxygen atoms in total. The van der Waals surface area contributed by atoms with Crippen LogP contribution >= 0.6 is 22.7 Å². The second-order valence-electron chi connectivity index (χ2n) is 4.97. The minimum absolute atomic E-state index is 0.135. The molecule has 0 aliphatic heterocycles. The summed E-state index contributed by atoms with van der Waals surface area (Å²) in [7, 11) is -4.33. The molecule has 0 unspecified atom stereocenters. The van der Waals surface area contributed by atoms with Gasteiger partial charge in [-0.3, -0.25) is 4.72 Å². The summed E-state index contributed by atoms with van der Waals surface area (Å²) in [5.41, 5.74) is 0.529. The molecule has 0 saturated heterocycles. The van der Waals surface area contributed by atoms with Gasteiger partial charge >= 0.3 is 0 Å². The van der Waals surface area contributed by atoms with E-state index in [1.807, 2.05) is 0 Å². The van der Waals surface area contributed by atoms with Crippen molar-refractivity contribution in [3.8, 4) is 0 Å². The molecule has 0 saturated carbocycles. The van der Waals surface area contributed by atoms with E-state index in [-0.39, 0.29) is 14.2 Å². The number of rotatable bonds is 5. The maximum absolute atomic E-state index is 12.2. The molecule has 2 heterocycles. The number of hydrogen-bond donors (Lipinski definition) is 1. The number of hydrogen-bond acceptors (Lipinski definition) is 7. The molecule has 0 spiro atoms. The molecule has 0 bridgehead atoms. The van der Waals surface area contributed by atoms with Gasteiger partial charge in [0, 0.05) is 14.1 Å². The average Bonchev–Trinajstić information content (AvgIpc) is 3.14. The fourth-order valence-electron chi connectivity index (χ4n) is 1.90. The molecule has 1 N–H and O–H groups in total. The third-order valence-electron chi connectivity index (χ3n) is 3.12. The van der Waals surface area contributed by atoms with E-state index in [0.717, 1.165) is 27.0 Å². The van der Waals surface area contributed by atoms with Crippen molar-refractivity contribution in [3.63, 3.8) is 0 Å². The number of nitrogens with one attached hydrogen (secondary N) is 1. The number of nitrogens with zero attached hydrogens (tertiary/aromatic N) is 2. The lowest BCUT2D eigenvalue weighted by atomic mass is 10.3. The van der Waals surface area contributed by atoms with E-state index >= 15 is 0 Å². The fraction of sp³-hybridized carbons (Fsp3) is 0.154. The molecular weight excluding hydrogens is 390 g/mol. The molecule has 0 fully saturated rings. The first-order chi connectivity index (χ1) is 11.2. The van der Waals surface area contributed by atoms with Crippen molar-refractivity contribution >= 4 is 58.1 Å². The first-order valence-electron chi connectivity index (χ1n) is 6.59. The summed E-state index contributed by atoms with van der Waals surface area (Å²) >= 11 is 2.19. The second-order valence-corrected chi connectivity index (χ2v) is 11.0. The van der Waals surface area contributed by atoms with Gasteiger partial charge in [0.05, 0.1) is 15.1 Å². The van der Waals surface area contributed by atoms with Gasteiger partial charge < -0.3 is 0 Å². The average molecular weight is 404 g/mol. The summed E-state index contributed by atoms with van der Waals surface area (Å²) in [4.78, 5) is 4.34. The van der Waals surface area contributed by atoms with Crippen LogP contribution in [0.2, 0.25) is 0 Å². The van der Waals surface area contributed by atoms with Gasteiger partial charge in [0.1, 0.15) is 4.21 Å². The maximum atomic E-state index is 12.2. The largest absolute Gasteiger partial charge is 0.273 e. The van der Waals surface area contributed by atoms with E-state index in [1.165, 1.54) is 32.3 Å².